The van der Waals surface area contributed by atoms with E-state index in [1.807, 2.05) is 0 Å². The fourth-order valence-electron chi connectivity index (χ4n) is 5.39. The van der Waals surface area contributed by atoms with Gasteiger partial charge in [0.15, 0.2) is 0 Å². The Morgan fingerprint density at radius 1 is 0.887 bits per heavy atom. The van der Waals surface area contributed by atoms with Gasteiger partial charge < -0.3 is 64.0 Å². The minimum absolute atomic E-state index is 0.0132. The molecular weight excluding hydrogens is 861 g/mol. The number of ketones is 1. The number of aliphatic imine (C=N–C) groups is 2. The van der Waals surface area contributed by atoms with Crippen LogP contribution in [0.2, 0.25) is 0 Å². The van der Waals surface area contributed by atoms with Crippen molar-refractivity contribution in [2.24, 2.45) is 27.2 Å². The highest BCUT2D eigenvalue weighted by Gasteiger charge is 2.46. The van der Waals surface area contributed by atoms with Crippen molar-refractivity contribution >= 4 is 89.7 Å². The Hall–Kier alpha value is -5.74. The van der Waals surface area contributed by atoms with Crippen molar-refractivity contribution in [1.29, 1.82) is 0 Å². The summed E-state index contributed by atoms with van der Waals surface area (Å²) in [5.41, 5.74) is 23.7. The lowest BCUT2D eigenvalue weighted by Crippen LogP contribution is -2.49. The summed E-state index contributed by atoms with van der Waals surface area (Å²) >= 11 is 2.07. The van der Waals surface area contributed by atoms with Crippen LogP contribution in [0.5, 0.6) is 0 Å². The summed E-state index contributed by atoms with van der Waals surface area (Å²) in [5, 5.41) is 44.7. The van der Waals surface area contributed by atoms with E-state index in [-0.39, 0.29) is 73.1 Å². The van der Waals surface area contributed by atoms with Gasteiger partial charge in [0.05, 0.1) is 34.5 Å². The maximum absolute atomic E-state index is 14.1. The third-order valence-corrected chi connectivity index (χ3v) is 11.3. The zero-order valence-corrected chi connectivity index (χ0v) is 35.1. The molecule has 1 aliphatic rings. The first-order valence-electron chi connectivity index (χ1n) is 18.7. The van der Waals surface area contributed by atoms with Crippen LogP contribution in [-0.4, -0.2) is 157 Å². The lowest BCUT2D eigenvalue weighted by Gasteiger charge is -2.24. The maximum atomic E-state index is 14.1. The van der Waals surface area contributed by atoms with Crippen molar-refractivity contribution in [3.8, 4) is 0 Å². The van der Waals surface area contributed by atoms with Gasteiger partial charge >= 0.3 is 23.9 Å². The van der Waals surface area contributed by atoms with Crippen molar-refractivity contribution in [3.05, 3.63) is 29.6 Å². The summed E-state index contributed by atoms with van der Waals surface area (Å²) in [6.07, 6.45) is 0.880. The molecule has 0 aromatic carbocycles. The molecule has 1 fully saturated rings. The highest BCUT2D eigenvalue weighted by atomic mass is 32.2. The van der Waals surface area contributed by atoms with Crippen molar-refractivity contribution in [3.63, 3.8) is 0 Å². The highest BCUT2D eigenvalue weighted by molar-refractivity contribution is 8.00. The summed E-state index contributed by atoms with van der Waals surface area (Å²) in [6.45, 7) is 3.90. The number of carbonyl (C=O) groups is 8. The van der Waals surface area contributed by atoms with E-state index < -0.39 is 107 Å². The van der Waals surface area contributed by atoms with E-state index in [4.69, 9.17) is 48.1 Å². The quantitative estimate of drug-likeness (QED) is 0.0264. The largest absolute Gasteiger partial charge is 0.480 e. The average Bonchev–Trinajstić information content (AvgIpc) is 3.99. The normalized spacial score (nSPS) is 17.9. The lowest BCUT2D eigenvalue weighted by atomic mass is 10.1. The highest BCUT2D eigenvalue weighted by Crippen LogP contribution is 2.37. The Labute approximate surface area is 363 Å². The molecule has 4 unspecified atom stereocenters. The van der Waals surface area contributed by atoms with E-state index in [1.165, 1.54) is 18.6 Å². The number of aliphatic carboxylic acids is 4. The van der Waals surface area contributed by atoms with Gasteiger partial charge in [-0.3, -0.25) is 53.6 Å². The van der Waals surface area contributed by atoms with E-state index in [0.29, 0.717) is 0 Å². The molecule has 0 bridgehead atoms. The number of thioether (sulfide) groups is 2. The van der Waals surface area contributed by atoms with Gasteiger partial charge in [-0.05, 0) is 26.5 Å². The van der Waals surface area contributed by atoms with Crippen LogP contribution >= 0.6 is 23.5 Å². The molecule has 1 aliphatic heterocycles. The second kappa shape index (κ2) is 26.6. The number of epoxide rings is 1. The van der Waals surface area contributed by atoms with Crippen LogP contribution in [0.25, 0.3) is 0 Å². The van der Waals surface area contributed by atoms with Crippen molar-refractivity contribution in [1.82, 2.24) is 31.2 Å². The van der Waals surface area contributed by atoms with Crippen molar-refractivity contribution in [2.75, 3.05) is 30.3 Å². The molecular formula is C35H52N12O13S2. The van der Waals surface area contributed by atoms with E-state index in [2.05, 4.69) is 47.9 Å². The van der Waals surface area contributed by atoms with E-state index in [1.54, 1.807) is 6.92 Å². The van der Waals surface area contributed by atoms with E-state index in [0.717, 1.165) is 23.5 Å². The second-order valence-corrected chi connectivity index (χ2v) is 15.9. The number of carboxylic acid groups (broad SMARTS) is 4. The number of Topliss-reactive ketones (excluding diaryl/α,β-unsaturated/α-hetero) is 1. The zero-order valence-electron chi connectivity index (χ0n) is 33.5. The summed E-state index contributed by atoms with van der Waals surface area (Å²) < 4.78 is 5.62. The minimum Gasteiger partial charge on any atom is -0.480 e. The number of rotatable bonds is 31. The first kappa shape index (κ1) is 52.4. The zero-order chi connectivity index (χ0) is 46.5. The predicted molar refractivity (Wildman–Crippen MR) is 226 cm³/mol. The fourth-order valence-corrected chi connectivity index (χ4v) is 8.07. The number of anilines is 1. The molecule has 3 amide bonds. The third-order valence-electron chi connectivity index (χ3n) is 8.62. The topological polar surface area (TPSA) is 433 Å². The molecule has 0 aliphatic carbocycles. The van der Waals surface area contributed by atoms with E-state index in [9.17, 15) is 38.4 Å². The van der Waals surface area contributed by atoms with Crippen LogP contribution in [0.1, 0.15) is 56.4 Å². The summed E-state index contributed by atoms with van der Waals surface area (Å²) in [6, 6.07) is -4.86. The number of hydrogen-bond acceptors (Lipinski definition) is 20. The number of carboxylic acids is 4. The van der Waals surface area contributed by atoms with Gasteiger partial charge in [-0.1, -0.05) is 0 Å². The smallest absolute Gasteiger partial charge is 0.322 e. The molecule has 2 rings (SSSR count). The van der Waals surface area contributed by atoms with Gasteiger partial charge in [0.25, 0.3) is 0 Å². The molecule has 25 nitrogen and oxygen atoms in total. The van der Waals surface area contributed by atoms with Gasteiger partial charge in [-0.25, -0.2) is 9.98 Å². The van der Waals surface area contributed by atoms with Gasteiger partial charge in [0.2, 0.25) is 17.7 Å². The van der Waals surface area contributed by atoms with Gasteiger partial charge in [0.1, 0.15) is 54.4 Å². The van der Waals surface area contributed by atoms with Gasteiger partial charge in [0, 0.05) is 55.8 Å². The van der Waals surface area contributed by atoms with Crippen LogP contribution in [0.4, 0.5) is 5.82 Å². The number of amides is 3. The Kier molecular flexibility index (Phi) is 22.5. The molecule has 1 saturated heterocycles. The number of nitrogen functional groups attached to an aromatic ring is 1. The Morgan fingerprint density at radius 2 is 1.48 bits per heavy atom. The average molecular weight is 913 g/mol. The summed E-state index contributed by atoms with van der Waals surface area (Å²) in [7, 11) is 0. The first-order chi connectivity index (χ1) is 29.3. The van der Waals surface area contributed by atoms with Crippen LogP contribution in [0, 0.1) is 0 Å². The standard InChI is InChI=1S/C35H52N12O13S2/c1-3-41-30(38)27(40-2)21(62-15-20(32(55)44-12-25(51)52)47-24(50)7-5-18(37)35(58)59)10-16(48)11-22(28-31(39)43-9-8-42-28)61-14-19(29-33(60-29)45-13-26(53)54)46-23(49)6-4-17(36)34(56)57/h3,8-9,17-22,29,33,45H,2,4-7,10-15,36-38H2,1H3,(H2,39,43)(H,44,55)(H,46,49)(H,47,50)(H,51,52)(H,53,54)(H,56,57)(H,58,59)/b30-27-,41-3?/t17-,18+,19-,20-,21?,22?,29?,33?/m0/s1. The van der Waals surface area contributed by atoms with Crippen LogP contribution in [0.15, 0.2) is 33.9 Å². The predicted octanol–water partition coefficient (Wildman–Crippen LogP) is -2.84. The SMILES string of the molecule is C=N/C(=C(/N)N=CC)C(CC(=O)CC(SC[C@H](NC(=O)CC[C@H](N)C(=O)O)C1OC1NCC(=O)O)c1nccnc1N)SC[C@H](NC(=O)CC[C@@H](N)C(=O)O)C(=O)NCC(=O)O. The molecule has 2 heterocycles. The van der Waals surface area contributed by atoms with Crippen molar-refractivity contribution in [2.45, 2.75) is 92.4 Å². The molecule has 1 aromatic rings. The number of hydrogen-bond donors (Lipinski definition) is 12. The molecule has 27 heteroatoms. The summed E-state index contributed by atoms with van der Waals surface area (Å²) in [5.74, 6) is -8.23. The number of ether oxygens (including phenoxy) is 1. The first-order valence-corrected chi connectivity index (χ1v) is 20.8. The van der Waals surface area contributed by atoms with Gasteiger partial charge in [-0.2, -0.15) is 0 Å². The monoisotopic (exact) mass is 912 g/mol. The number of nitrogens with zero attached hydrogens (tertiary/aromatic N) is 4. The lowest BCUT2D eigenvalue weighted by molar-refractivity contribution is -0.140. The number of aromatic nitrogens is 2. The Bertz CT molecular complexity index is 1860. The Balaban J connectivity index is 2.41. The number of nitrogens with two attached hydrogens (primary N) is 4. The molecule has 0 spiro atoms. The molecule has 62 heavy (non-hydrogen) atoms. The molecule has 16 N–H and O–H groups in total. The molecule has 1 aromatic heterocycles. The fraction of sp³-hybridized carbons (Fsp3) is 0.543. The molecule has 342 valence electrons. The number of carbonyl (C=O) groups excluding carboxylic acids is 4. The molecule has 8 atom stereocenters. The van der Waals surface area contributed by atoms with Crippen LogP contribution in [-0.2, 0) is 43.1 Å². The third kappa shape index (κ3) is 18.9. The maximum Gasteiger partial charge on any atom is 0.322 e. The van der Waals surface area contributed by atoms with Gasteiger partial charge in [-0.15, -0.1) is 23.5 Å². The van der Waals surface area contributed by atoms with Crippen LogP contribution < -0.4 is 44.2 Å². The number of nitrogens with one attached hydrogen (secondary N) is 4. The van der Waals surface area contributed by atoms with Crippen molar-refractivity contribution < 1.29 is 63.5 Å². The minimum atomic E-state index is -1.40. The van der Waals surface area contributed by atoms with Crippen LogP contribution in [0.3, 0.4) is 0 Å². The van der Waals surface area contributed by atoms with E-state index >= 15 is 0 Å². The Morgan fingerprint density at radius 3 is 2.03 bits per heavy atom. The molecule has 0 saturated carbocycles. The summed E-state index contributed by atoms with van der Waals surface area (Å²) in [4.78, 5) is 114. The second-order valence-electron chi connectivity index (χ2n) is 13.4. The molecule has 0 radical (unpaired) electrons.